The van der Waals surface area contributed by atoms with Crippen LogP contribution in [0.4, 0.5) is 0 Å². The van der Waals surface area contributed by atoms with Gasteiger partial charge in [-0.15, -0.1) is 0 Å². The molecule has 0 bridgehead atoms. The molecule has 0 aliphatic carbocycles. The smallest absolute Gasteiger partial charge is 0.243 e. The van der Waals surface area contributed by atoms with E-state index in [0.29, 0.717) is 50.6 Å². The summed E-state index contributed by atoms with van der Waals surface area (Å²) in [4.78, 5) is 27.8. The van der Waals surface area contributed by atoms with E-state index in [1.54, 1.807) is 4.90 Å². The zero-order valence-electron chi connectivity index (χ0n) is 17.5. The third kappa shape index (κ3) is 4.27. The number of para-hydroxylation sites is 1. The summed E-state index contributed by atoms with van der Waals surface area (Å²) in [6.07, 6.45) is 0.960. The van der Waals surface area contributed by atoms with Gasteiger partial charge >= 0.3 is 0 Å². The molecule has 0 radical (unpaired) electrons. The molecule has 0 saturated carbocycles. The monoisotopic (exact) mass is 408 g/mol. The maximum Gasteiger partial charge on any atom is 0.243 e. The standard InChI is InChI=1S/C24H28N2O4/c1-16(2)12-22(27)26-15-19-7-4-3-6-17(19)13-20(26)24(28)25-14-18-8-5-9-21-23(18)30-11-10-29-21/h3-9,16,20H,10-15H2,1-2H3,(H,25,28). The molecule has 2 aliphatic rings. The van der Waals surface area contributed by atoms with Crippen LogP contribution in [0, 0.1) is 5.92 Å². The highest BCUT2D eigenvalue weighted by Gasteiger charge is 2.34. The SMILES string of the molecule is CC(C)CC(=O)N1Cc2ccccc2CC1C(=O)NCc1cccc2c1OCCO2. The number of carbonyl (C=O) groups excluding carboxylic acids is 2. The highest BCUT2D eigenvalue weighted by atomic mass is 16.6. The molecule has 158 valence electrons. The van der Waals surface area contributed by atoms with Crippen LogP contribution in [0.15, 0.2) is 42.5 Å². The second kappa shape index (κ2) is 8.78. The van der Waals surface area contributed by atoms with Crippen LogP contribution >= 0.6 is 0 Å². The van der Waals surface area contributed by atoms with E-state index in [4.69, 9.17) is 9.47 Å². The molecule has 0 spiro atoms. The normalized spacial score (nSPS) is 17.4. The van der Waals surface area contributed by atoms with Crippen LogP contribution in [-0.4, -0.2) is 36.0 Å². The molecule has 1 N–H and O–H groups in total. The van der Waals surface area contributed by atoms with Crippen molar-refractivity contribution in [1.29, 1.82) is 0 Å². The maximum atomic E-state index is 13.2. The first-order valence-electron chi connectivity index (χ1n) is 10.5. The van der Waals surface area contributed by atoms with E-state index in [0.717, 1.165) is 16.7 Å². The Bertz CT molecular complexity index is 941. The minimum absolute atomic E-state index is 0.0217. The fraction of sp³-hybridized carbons (Fsp3) is 0.417. The summed E-state index contributed by atoms with van der Waals surface area (Å²) in [6, 6.07) is 13.2. The van der Waals surface area contributed by atoms with Crippen LogP contribution in [0.2, 0.25) is 0 Å². The molecule has 0 saturated heterocycles. The number of benzene rings is 2. The van der Waals surface area contributed by atoms with Gasteiger partial charge in [-0.25, -0.2) is 0 Å². The summed E-state index contributed by atoms with van der Waals surface area (Å²) in [5.41, 5.74) is 3.11. The molecule has 0 aromatic heterocycles. The second-order valence-electron chi connectivity index (χ2n) is 8.27. The lowest BCUT2D eigenvalue weighted by Crippen LogP contribution is -2.52. The number of nitrogens with one attached hydrogen (secondary N) is 1. The van der Waals surface area contributed by atoms with Gasteiger partial charge in [-0.1, -0.05) is 50.2 Å². The summed E-state index contributed by atoms with van der Waals surface area (Å²) in [5.74, 6) is 1.51. The Kier molecular flexibility index (Phi) is 5.93. The quantitative estimate of drug-likeness (QED) is 0.826. The lowest BCUT2D eigenvalue weighted by atomic mass is 9.92. The lowest BCUT2D eigenvalue weighted by Gasteiger charge is -2.36. The Balaban J connectivity index is 1.51. The van der Waals surface area contributed by atoms with Gasteiger partial charge in [0.15, 0.2) is 11.5 Å². The van der Waals surface area contributed by atoms with Crippen molar-refractivity contribution in [3.63, 3.8) is 0 Å². The third-order valence-electron chi connectivity index (χ3n) is 5.56. The molecule has 0 fully saturated rings. The van der Waals surface area contributed by atoms with Gasteiger partial charge in [0, 0.05) is 31.5 Å². The molecule has 2 aromatic carbocycles. The Hall–Kier alpha value is -3.02. The fourth-order valence-corrected chi connectivity index (χ4v) is 4.06. The number of rotatable bonds is 5. The Morgan fingerprint density at radius 1 is 1.07 bits per heavy atom. The van der Waals surface area contributed by atoms with Gasteiger partial charge in [-0.3, -0.25) is 9.59 Å². The van der Waals surface area contributed by atoms with Gasteiger partial charge < -0.3 is 19.7 Å². The summed E-state index contributed by atoms with van der Waals surface area (Å²) in [7, 11) is 0. The number of hydrogen-bond acceptors (Lipinski definition) is 4. The lowest BCUT2D eigenvalue weighted by molar-refractivity contribution is -0.142. The van der Waals surface area contributed by atoms with Crippen LogP contribution in [-0.2, 0) is 29.1 Å². The molecule has 6 nitrogen and oxygen atoms in total. The van der Waals surface area contributed by atoms with E-state index >= 15 is 0 Å². The number of amides is 2. The van der Waals surface area contributed by atoms with Crippen LogP contribution < -0.4 is 14.8 Å². The number of ether oxygens (including phenoxy) is 2. The van der Waals surface area contributed by atoms with Gasteiger partial charge in [-0.05, 0) is 23.1 Å². The zero-order chi connectivity index (χ0) is 21.1. The molecule has 30 heavy (non-hydrogen) atoms. The minimum Gasteiger partial charge on any atom is -0.486 e. The van der Waals surface area contributed by atoms with E-state index in [2.05, 4.69) is 5.32 Å². The van der Waals surface area contributed by atoms with Gasteiger partial charge in [0.05, 0.1) is 0 Å². The molecule has 1 atom stereocenters. The second-order valence-corrected chi connectivity index (χ2v) is 8.27. The predicted octanol–water partition coefficient (Wildman–Crippen LogP) is 3.07. The van der Waals surface area contributed by atoms with E-state index in [9.17, 15) is 9.59 Å². The Morgan fingerprint density at radius 3 is 2.63 bits per heavy atom. The zero-order valence-corrected chi connectivity index (χ0v) is 17.5. The van der Waals surface area contributed by atoms with Crippen LogP contribution in [0.3, 0.4) is 0 Å². The number of hydrogen-bond donors (Lipinski definition) is 1. The van der Waals surface area contributed by atoms with Gasteiger partial charge in [-0.2, -0.15) is 0 Å². The molecule has 2 heterocycles. The molecule has 1 unspecified atom stereocenters. The topological polar surface area (TPSA) is 67.9 Å². The summed E-state index contributed by atoms with van der Waals surface area (Å²) >= 11 is 0. The fourth-order valence-electron chi connectivity index (χ4n) is 4.06. The van der Waals surface area contributed by atoms with Gasteiger partial charge in [0.2, 0.25) is 11.8 Å². The van der Waals surface area contributed by atoms with Crippen molar-refractivity contribution < 1.29 is 19.1 Å². The van der Waals surface area contributed by atoms with Crippen LogP contribution in [0.5, 0.6) is 11.5 Å². The average Bonchev–Trinajstić information content (AvgIpc) is 2.76. The highest BCUT2D eigenvalue weighted by Crippen LogP contribution is 2.33. The van der Waals surface area contributed by atoms with E-state index in [1.165, 1.54) is 0 Å². The Morgan fingerprint density at radius 2 is 1.83 bits per heavy atom. The van der Waals surface area contributed by atoms with Crippen molar-refractivity contribution in [2.75, 3.05) is 13.2 Å². The van der Waals surface area contributed by atoms with E-state index < -0.39 is 6.04 Å². The summed E-state index contributed by atoms with van der Waals surface area (Å²) < 4.78 is 11.4. The van der Waals surface area contributed by atoms with Crippen molar-refractivity contribution in [3.05, 3.63) is 59.2 Å². The molecule has 2 aromatic rings. The first kappa shape index (κ1) is 20.3. The predicted molar refractivity (Wildman–Crippen MR) is 113 cm³/mol. The molecule has 6 heteroatoms. The molecule has 4 rings (SSSR count). The van der Waals surface area contributed by atoms with Crippen molar-refractivity contribution in [1.82, 2.24) is 10.2 Å². The van der Waals surface area contributed by atoms with E-state index in [1.807, 2.05) is 56.3 Å². The first-order chi connectivity index (χ1) is 14.5. The molecular weight excluding hydrogens is 380 g/mol. The van der Waals surface area contributed by atoms with Gasteiger partial charge in [0.25, 0.3) is 0 Å². The summed E-state index contributed by atoms with van der Waals surface area (Å²) in [5, 5.41) is 3.02. The molecule has 2 aliphatic heterocycles. The molecule has 2 amide bonds. The summed E-state index contributed by atoms with van der Waals surface area (Å²) in [6.45, 7) is 5.86. The number of fused-ring (bicyclic) bond motifs is 2. The minimum atomic E-state index is -0.511. The van der Waals surface area contributed by atoms with Crippen molar-refractivity contribution in [3.8, 4) is 11.5 Å². The third-order valence-corrected chi connectivity index (χ3v) is 5.56. The van der Waals surface area contributed by atoms with Crippen molar-refractivity contribution >= 4 is 11.8 Å². The first-order valence-corrected chi connectivity index (χ1v) is 10.5. The highest BCUT2D eigenvalue weighted by molar-refractivity contribution is 5.88. The molecular formula is C24H28N2O4. The van der Waals surface area contributed by atoms with Crippen molar-refractivity contribution in [2.24, 2.45) is 5.92 Å². The average molecular weight is 408 g/mol. The maximum absolute atomic E-state index is 13.2. The largest absolute Gasteiger partial charge is 0.486 e. The van der Waals surface area contributed by atoms with E-state index in [-0.39, 0.29) is 17.7 Å². The van der Waals surface area contributed by atoms with Crippen LogP contribution in [0.1, 0.15) is 37.0 Å². The van der Waals surface area contributed by atoms with Gasteiger partial charge in [0.1, 0.15) is 19.3 Å². The van der Waals surface area contributed by atoms with Crippen molar-refractivity contribution in [2.45, 2.75) is 45.8 Å². The van der Waals surface area contributed by atoms with Crippen LogP contribution in [0.25, 0.3) is 0 Å². The number of carbonyl (C=O) groups is 2. The Labute approximate surface area is 177 Å². The number of nitrogens with zero attached hydrogens (tertiary/aromatic N) is 1.